The first-order valence-electron chi connectivity index (χ1n) is 8.85. The number of benzene rings is 1. The van der Waals surface area contributed by atoms with Gasteiger partial charge in [-0.05, 0) is 25.0 Å². The van der Waals surface area contributed by atoms with E-state index in [9.17, 15) is 13.2 Å². The van der Waals surface area contributed by atoms with E-state index in [1.165, 1.54) is 16.4 Å². The van der Waals surface area contributed by atoms with Crippen molar-refractivity contribution in [1.29, 1.82) is 0 Å². The van der Waals surface area contributed by atoms with Gasteiger partial charge in [0.2, 0.25) is 15.9 Å². The molecule has 4 rings (SSSR count). The van der Waals surface area contributed by atoms with Crippen molar-refractivity contribution in [2.45, 2.75) is 23.8 Å². The van der Waals surface area contributed by atoms with Crippen LogP contribution in [0.5, 0.6) is 11.5 Å². The van der Waals surface area contributed by atoms with E-state index in [-0.39, 0.29) is 10.8 Å². The highest BCUT2D eigenvalue weighted by molar-refractivity contribution is 7.89. The fourth-order valence-electron chi connectivity index (χ4n) is 3.59. The third kappa shape index (κ3) is 3.15. The highest BCUT2D eigenvalue weighted by Crippen LogP contribution is 2.35. The van der Waals surface area contributed by atoms with E-state index in [1.807, 2.05) is 0 Å². The van der Waals surface area contributed by atoms with Crippen LogP contribution < -0.4 is 9.47 Å². The molecule has 1 aromatic rings. The summed E-state index contributed by atoms with van der Waals surface area (Å²) in [7, 11) is -3.79. The molecule has 0 bridgehead atoms. The highest BCUT2D eigenvalue weighted by atomic mass is 32.2. The number of carbonyl (C=O) groups is 1. The van der Waals surface area contributed by atoms with Crippen LogP contribution >= 0.6 is 0 Å². The Bertz CT molecular complexity index is 790. The second-order valence-corrected chi connectivity index (χ2v) is 8.41. The van der Waals surface area contributed by atoms with Gasteiger partial charge in [0.05, 0.1) is 18.1 Å². The maximum Gasteiger partial charge on any atom is 0.243 e. The number of carbonyl (C=O) groups excluding carboxylic acids is 1. The van der Waals surface area contributed by atoms with Gasteiger partial charge in [-0.1, -0.05) is 0 Å². The maximum atomic E-state index is 13.2. The Morgan fingerprint density at radius 3 is 2.50 bits per heavy atom. The van der Waals surface area contributed by atoms with Crippen molar-refractivity contribution in [2.75, 3.05) is 46.1 Å². The molecule has 0 spiro atoms. The fraction of sp³-hybridized carbons (Fsp3) is 0.588. The van der Waals surface area contributed by atoms with Crippen LogP contribution in [0.25, 0.3) is 0 Å². The molecule has 142 valence electrons. The standard InChI is InChI=1S/C17H22N2O6S/c20-17(18-6-8-23-9-7-18)14-2-1-5-19(14)26(21,22)13-3-4-15-16(12-13)25-11-10-24-15/h3-4,12,14H,1-2,5-11H2/t14-/m0/s1. The molecule has 1 aromatic carbocycles. The normalized spacial score (nSPS) is 23.8. The topological polar surface area (TPSA) is 85.4 Å². The van der Waals surface area contributed by atoms with Gasteiger partial charge in [-0.3, -0.25) is 4.79 Å². The molecule has 2 saturated heterocycles. The van der Waals surface area contributed by atoms with Crippen LogP contribution in [0.2, 0.25) is 0 Å². The number of fused-ring (bicyclic) bond motifs is 1. The van der Waals surface area contributed by atoms with Gasteiger partial charge >= 0.3 is 0 Å². The first-order valence-corrected chi connectivity index (χ1v) is 10.3. The number of amides is 1. The van der Waals surface area contributed by atoms with Crippen molar-refractivity contribution in [2.24, 2.45) is 0 Å². The smallest absolute Gasteiger partial charge is 0.243 e. The number of sulfonamides is 1. The quantitative estimate of drug-likeness (QED) is 0.756. The predicted octanol–water partition coefficient (Wildman–Crippen LogP) is 0.470. The minimum atomic E-state index is -3.79. The molecule has 26 heavy (non-hydrogen) atoms. The van der Waals surface area contributed by atoms with Gasteiger partial charge in [-0.25, -0.2) is 8.42 Å². The van der Waals surface area contributed by atoms with E-state index in [1.54, 1.807) is 11.0 Å². The van der Waals surface area contributed by atoms with Crippen molar-refractivity contribution in [1.82, 2.24) is 9.21 Å². The Kier molecular flexibility index (Phi) is 4.76. The summed E-state index contributed by atoms with van der Waals surface area (Å²) in [5.74, 6) is 0.831. The Labute approximate surface area is 152 Å². The molecule has 0 radical (unpaired) electrons. The van der Waals surface area contributed by atoms with E-state index >= 15 is 0 Å². The molecule has 3 heterocycles. The zero-order chi connectivity index (χ0) is 18.1. The Morgan fingerprint density at radius 1 is 1.00 bits per heavy atom. The van der Waals surface area contributed by atoms with Gasteiger partial charge in [0.25, 0.3) is 0 Å². The van der Waals surface area contributed by atoms with Gasteiger partial charge in [0.1, 0.15) is 19.3 Å². The maximum absolute atomic E-state index is 13.2. The molecule has 3 aliphatic rings. The fourth-order valence-corrected chi connectivity index (χ4v) is 5.26. The molecule has 0 saturated carbocycles. The first kappa shape index (κ1) is 17.6. The van der Waals surface area contributed by atoms with E-state index in [0.29, 0.717) is 70.4 Å². The molecule has 0 unspecified atom stereocenters. The number of hydrogen-bond donors (Lipinski definition) is 0. The zero-order valence-corrected chi connectivity index (χ0v) is 15.2. The minimum absolute atomic E-state index is 0.128. The summed E-state index contributed by atoms with van der Waals surface area (Å²) in [5, 5.41) is 0. The molecule has 0 N–H and O–H groups in total. The van der Waals surface area contributed by atoms with E-state index in [0.717, 1.165) is 0 Å². The monoisotopic (exact) mass is 382 g/mol. The lowest BCUT2D eigenvalue weighted by Gasteiger charge is -2.32. The van der Waals surface area contributed by atoms with Gasteiger partial charge in [-0.15, -0.1) is 0 Å². The van der Waals surface area contributed by atoms with Gasteiger partial charge in [0.15, 0.2) is 11.5 Å². The predicted molar refractivity (Wildman–Crippen MR) is 91.7 cm³/mol. The molecule has 1 amide bonds. The van der Waals surface area contributed by atoms with Gasteiger partial charge < -0.3 is 19.1 Å². The number of nitrogens with zero attached hydrogens (tertiary/aromatic N) is 2. The lowest BCUT2D eigenvalue weighted by Crippen LogP contribution is -2.50. The molecule has 2 fully saturated rings. The van der Waals surface area contributed by atoms with Crippen molar-refractivity contribution >= 4 is 15.9 Å². The molecule has 8 nitrogen and oxygen atoms in total. The minimum Gasteiger partial charge on any atom is -0.486 e. The average Bonchev–Trinajstić information content (AvgIpc) is 3.18. The molecular formula is C17H22N2O6S. The molecule has 9 heteroatoms. The van der Waals surface area contributed by atoms with E-state index < -0.39 is 16.1 Å². The highest BCUT2D eigenvalue weighted by Gasteiger charge is 2.41. The third-order valence-corrected chi connectivity index (χ3v) is 6.84. The molecule has 0 aromatic heterocycles. The lowest BCUT2D eigenvalue weighted by molar-refractivity contribution is -0.138. The van der Waals surface area contributed by atoms with Crippen LogP contribution in [0.4, 0.5) is 0 Å². The van der Waals surface area contributed by atoms with Crippen LogP contribution in [-0.2, 0) is 19.6 Å². The van der Waals surface area contributed by atoms with Crippen LogP contribution in [0.3, 0.4) is 0 Å². The second-order valence-electron chi connectivity index (χ2n) is 6.52. The van der Waals surface area contributed by atoms with E-state index in [2.05, 4.69) is 0 Å². The molecule has 3 aliphatic heterocycles. The molecule has 0 aliphatic carbocycles. The van der Waals surface area contributed by atoms with E-state index in [4.69, 9.17) is 14.2 Å². The Morgan fingerprint density at radius 2 is 1.73 bits per heavy atom. The number of morpholine rings is 1. The van der Waals surface area contributed by atoms with Crippen molar-refractivity contribution in [3.63, 3.8) is 0 Å². The van der Waals surface area contributed by atoms with Crippen LogP contribution in [0.15, 0.2) is 23.1 Å². The third-order valence-electron chi connectivity index (χ3n) is 4.93. The first-order chi connectivity index (χ1) is 12.6. The number of ether oxygens (including phenoxy) is 3. The van der Waals surface area contributed by atoms with Crippen molar-refractivity contribution < 1.29 is 27.4 Å². The Hall–Kier alpha value is -1.84. The number of rotatable bonds is 3. The Balaban J connectivity index is 1.59. The molecular weight excluding hydrogens is 360 g/mol. The SMILES string of the molecule is O=C([C@@H]1CCCN1S(=O)(=O)c1ccc2c(c1)OCCO2)N1CCOCC1. The summed E-state index contributed by atoms with van der Waals surface area (Å²) < 4.78 is 43.9. The summed E-state index contributed by atoms with van der Waals surface area (Å²) in [4.78, 5) is 14.7. The summed E-state index contributed by atoms with van der Waals surface area (Å²) in [5.41, 5.74) is 0. The largest absolute Gasteiger partial charge is 0.486 e. The number of hydrogen-bond acceptors (Lipinski definition) is 6. The summed E-state index contributed by atoms with van der Waals surface area (Å²) in [6.07, 6.45) is 1.21. The van der Waals surface area contributed by atoms with Crippen molar-refractivity contribution in [3.05, 3.63) is 18.2 Å². The zero-order valence-electron chi connectivity index (χ0n) is 14.4. The summed E-state index contributed by atoms with van der Waals surface area (Å²) in [6, 6.07) is 3.96. The second kappa shape index (κ2) is 7.05. The lowest BCUT2D eigenvalue weighted by atomic mass is 10.2. The average molecular weight is 382 g/mol. The van der Waals surface area contributed by atoms with Gasteiger partial charge in [0, 0.05) is 25.7 Å². The van der Waals surface area contributed by atoms with Gasteiger partial charge in [-0.2, -0.15) is 4.31 Å². The molecule has 1 atom stereocenters. The van der Waals surface area contributed by atoms with Crippen LogP contribution in [0.1, 0.15) is 12.8 Å². The van der Waals surface area contributed by atoms with Crippen molar-refractivity contribution in [3.8, 4) is 11.5 Å². The summed E-state index contributed by atoms with van der Waals surface area (Å²) >= 11 is 0. The van der Waals surface area contributed by atoms with Crippen LogP contribution in [0, 0.1) is 0 Å². The summed E-state index contributed by atoms with van der Waals surface area (Å²) in [6.45, 7) is 3.18. The van der Waals surface area contributed by atoms with Crippen LogP contribution in [-0.4, -0.2) is 75.6 Å².